The Morgan fingerprint density at radius 2 is 2.04 bits per heavy atom. The smallest absolute Gasteiger partial charge is 0.277 e. The molecule has 6 nitrogen and oxygen atoms in total. The van der Waals surface area contributed by atoms with Crippen molar-refractivity contribution in [2.24, 2.45) is 5.10 Å². The molecule has 2 aromatic carbocycles. The molecule has 0 aliphatic rings. The number of amides is 1. The first-order valence-electron chi connectivity index (χ1n) is 7.50. The highest BCUT2D eigenvalue weighted by Crippen LogP contribution is 2.22. The van der Waals surface area contributed by atoms with E-state index in [0.717, 1.165) is 11.3 Å². The molecule has 0 bridgehead atoms. The zero-order chi connectivity index (χ0) is 17.5. The van der Waals surface area contributed by atoms with E-state index in [4.69, 9.17) is 16.3 Å². The van der Waals surface area contributed by atoms with Crippen molar-refractivity contribution in [1.82, 2.24) is 15.0 Å². The normalized spacial score (nSPS) is 10.8. The summed E-state index contributed by atoms with van der Waals surface area (Å²) in [6.07, 6.45) is 6.87. The molecule has 3 aromatic rings. The van der Waals surface area contributed by atoms with Gasteiger partial charge in [-0.15, -0.1) is 0 Å². The highest BCUT2D eigenvalue weighted by atomic mass is 35.5. The summed E-state index contributed by atoms with van der Waals surface area (Å²) in [4.78, 5) is 15.7. The number of imidazole rings is 1. The second kappa shape index (κ2) is 8.12. The molecule has 1 N–H and O–H groups in total. The van der Waals surface area contributed by atoms with Crippen LogP contribution in [0.5, 0.6) is 5.75 Å². The number of halogens is 1. The van der Waals surface area contributed by atoms with Crippen molar-refractivity contribution in [3.63, 3.8) is 0 Å². The Hall–Kier alpha value is -3.12. The second-order valence-corrected chi connectivity index (χ2v) is 5.48. The fraction of sp³-hybridized carbons (Fsp3) is 0.0556. The third-order valence-corrected chi connectivity index (χ3v) is 3.61. The van der Waals surface area contributed by atoms with Gasteiger partial charge in [0.15, 0.2) is 6.61 Å². The molecule has 0 saturated heterocycles. The van der Waals surface area contributed by atoms with Crippen LogP contribution in [0, 0.1) is 0 Å². The van der Waals surface area contributed by atoms with Crippen molar-refractivity contribution in [1.29, 1.82) is 0 Å². The van der Waals surface area contributed by atoms with Crippen molar-refractivity contribution in [3.8, 4) is 11.4 Å². The Morgan fingerprint density at radius 3 is 2.76 bits per heavy atom. The van der Waals surface area contributed by atoms with Crippen molar-refractivity contribution in [2.75, 3.05) is 6.61 Å². The molecule has 0 aliphatic carbocycles. The molecule has 1 aromatic heterocycles. The van der Waals surface area contributed by atoms with Gasteiger partial charge in [0.25, 0.3) is 5.91 Å². The Balaban J connectivity index is 1.49. The van der Waals surface area contributed by atoms with Gasteiger partial charge in [0.05, 0.1) is 17.6 Å². The summed E-state index contributed by atoms with van der Waals surface area (Å²) in [5, 5.41) is 4.37. The molecule has 0 saturated carbocycles. The van der Waals surface area contributed by atoms with E-state index < -0.39 is 0 Å². The first-order chi connectivity index (χ1) is 12.2. The predicted octanol–water partition coefficient (Wildman–Crippen LogP) is 3.05. The lowest BCUT2D eigenvalue weighted by atomic mass is 10.2. The molecule has 7 heteroatoms. The summed E-state index contributed by atoms with van der Waals surface area (Å²) >= 11 is 5.95. The number of hydrazone groups is 1. The highest BCUT2D eigenvalue weighted by Gasteiger charge is 2.04. The molecule has 126 valence electrons. The molecule has 0 spiro atoms. The van der Waals surface area contributed by atoms with E-state index in [9.17, 15) is 4.79 Å². The standard InChI is InChI=1S/C18H15ClN4O2/c19-16-3-1-2-4-17(16)25-12-18(24)22-21-11-14-5-7-15(8-6-14)23-10-9-20-13-23/h1-11,13H,12H2,(H,22,24)/b21-11+. The van der Waals surface area contributed by atoms with E-state index in [1.807, 2.05) is 35.0 Å². The maximum absolute atomic E-state index is 11.7. The lowest BCUT2D eigenvalue weighted by Gasteiger charge is -2.06. The number of benzene rings is 2. The number of ether oxygens (including phenoxy) is 1. The van der Waals surface area contributed by atoms with Crippen LogP contribution >= 0.6 is 11.6 Å². The predicted molar refractivity (Wildman–Crippen MR) is 96.2 cm³/mol. The van der Waals surface area contributed by atoms with E-state index in [1.54, 1.807) is 43.0 Å². The van der Waals surface area contributed by atoms with Gasteiger partial charge in [-0.2, -0.15) is 5.10 Å². The molecule has 0 aliphatic heterocycles. The summed E-state index contributed by atoms with van der Waals surface area (Å²) in [7, 11) is 0. The number of hydrogen-bond donors (Lipinski definition) is 1. The Morgan fingerprint density at radius 1 is 1.24 bits per heavy atom. The molecule has 0 atom stereocenters. The first kappa shape index (κ1) is 16.7. The van der Waals surface area contributed by atoms with Crippen molar-refractivity contribution >= 4 is 23.7 Å². The van der Waals surface area contributed by atoms with Crippen molar-refractivity contribution in [2.45, 2.75) is 0 Å². The molecule has 1 amide bonds. The van der Waals surface area contributed by atoms with Gasteiger partial charge in [-0.25, -0.2) is 10.4 Å². The van der Waals surface area contributed by atoms with Gasteiger partial charge in [0.2, 0.25) is 0 Å². The molecular weight excluding hydrogens is 340 g/mol. The number of aromatic nitrogens is 2. The second-order valence-electron chi connectivity index (χ2n) is 5.07. The number of hydrogen-bond acceptors (Lipinski definition) is 4. The van der Waals surface area contributed by atoms with E-state index in [2.05, 4.69) is 15.5 Å². The Bertz CT molecular complexity index is 861. The van der Waals surface area contributed by atoms with Gasteiger partial charge in [0.1, 0.15) is 5.75 Å². The Kier molecular flexibility index (Phi) is 5.43. The zero-order valence-electron chi connectivity index (χ0n) is 13.2. The van der Waals surface area contributed by atoms with Gasteiger partial charge in [-0.3, -0.25) is 4.79 Å². The van der Waals surface area contributed by atoms with Crippen LogP contribution in [0.3, 0.4) is 0 Å². The average molecular weight is 355 g/mol. The number of nitrogens with zero attached hydrogens (tertiary/aromatic N) is 3. The number of rotatable bonds is 6. The maximum Gasteiger partial charge on any atom is 0.277 e. The van der Waals surface area contributed by atoms with Crippen molar-refractivity contribution in [3.05, 3.63) is 77.8 Å². The third kappa shape index (κ3) is 4.68. The lowest BCUT2D eigenvalue weighted by molar-refractivity contribution is -0.123. The molecule has 1 heterocycles. The van der Waals surface area contributed by atoms with Gasteiger partial charge in [-0.05, 0) is 29.8 Å². The van der Waals surface area contributed by atoms with Crippen LogP contribution in [-0.2, 0) is 4.79 Å². The largest absolute Gasteiger partial charge is 0.482 e. The minimum absolute atomic E-state index is 0.166. The van der Waals surface area contributed by atoms with Crippen LogP contribution in [0.25, 0.3) is 5.69 Å². The van der Waals surface area contributed by atoms with E-state index >= 15 is 0 Å². The van der Waals surface area contributed by atoms with E-state index in [0.29, 0.717) is 10.8 Å². The van der Waals surface area contributed by atoms with Gasteiger partial charge in [0, 0.05) is 18.1 Å². The molecule has 0 radical (unpaired) electrons. The molecule has 3 rings (SSSR count). The fourth-order valence-corrected chi connectivity index (χ4v) is 2.25. The van der Waals surface area contributed by atoms with E-state index in [1.165, 1.54) is 0 Å². The molecule has 0 fully saturated rings. The van der Waals surface area contributed by atoms with Crippen LogP contribution in [0.15, 0.2) is 72.4 Å². The SMILES string of the molecule is O=C(COc1ccccc1Cl)N/N=C/c1ccc(-n2ccnc2)cc1. The summed E-state index contributed by atoms with van der Waals surface area (Å²) in [5.74, 6) is 0.0876. The van der Waals surface area contributed by atoms with Gasteiger partial charge >= 0.3 is 0 Å². The quantitative estimate of drug-likeness (QED) is 0.546. The minimum Gasteiger partial charge on any atom is -0.482 e. The van der Waals surface area contributed by atoms with Gasteiger partial charge in [-0.1, -0.05) is 35.9 Å². The van der Waals surface area contributed by atoms with Crippen LogP contribution in [0.2, 0.25) is 5.02 Å². The summed E-state index contributed by atoms with van der Waals surface area (Å²) in [5.41, 5.74) is 4.26. The summed E-state index contributed by atoms with van der Waals surface area (Å²) < 4.78 is 7.23. The number of nitrogens with one attached hydrogen (secondary N) is 1. The fourth-order valence-electron chi connectivity index (χ4n) is 2.06. The van der Waals surface area contributed by atoms with E-state index in [-0.39, 0.29) is 12.5 Å². The maximum atomic E-state index is 11.7. The monoisotopic (exact) mass is 354 g/mol. The number of para-hydroxylation sites is 1. The number of carbonyl (C=O) groups excluding carboxylic acids is 1. The number of carbonyl (C=O) groups is 1. The Labute approximate surface area is 149 Å². The molecule has 0 unspecified atom stereocenters. The van der Waals surface area contributed by atoms with Crippen LogP contribution < -0.4 is 10.2 Å². The minimum atomic E-state index is -0.369. The summed E-state index contributed by atoms with van der Waals surface area (Å²) in [6, 6.07) is 14.6. The van der Waals surface area contributed by atoms with Crippen LogP contribution in [-0.4, -0.2) is 28.3 Å². The lowest BCUT2D eigenvalue weighted by Crippen LogP contribution is -2.24. The van der Waals surface area contributed by atoms with Crippen LogP contribution in [0.1, 0.15) is 5.56 Å². The molecule has 25 heavy (non-hydrogen) atoms. The van der Waals surface area contributed by atoms with Crippen LogP contribution in [0.4, 0.5) is 0 Å². The van der Waals surface area contributed by atoms with Crippen molar-refractivity contribution < 1.29 is 9.53 Å². The summed E-state index contributed by atoms with van der Waals surface area (Å²) in [6.45, 7) is -0.166. The van der Waals surface area contributed by atoms with Gasteiger partial charge < -0.3 is 9.30 Å². The topological polar surface area (TPSA) is 68.5 Å². The average Bonchev–Trinajstić information content (AvgIpc) is 3.16. The third-order valence-electron chi connectivity index (χ3n) is 3.29. The molecular formula is C18H15ClN4O2. The highest BCUT2D eigenvalue weighted by molar-refractivity contribution is 6.32. The first-order valence-corrected chi connectivity index (χ1v) is 7.88. The zero-order valence-corrected chi connectivity index (χ0v) is 13.9.